The van der Waals surface area contributed by atoms with E-state index in [4.69, 9.17) is 0 Å². The van der Waals surface area contributed by atoms with E-state index in [0.717, 1.165) is 16.1 Å². The highest BCUT2D eigenvalue weighted by atomic mass is 79.9. The van der Waals surface area contributed by atoms with Crippen LogP contribution < -0.4 is 5.32 Å². The van der Waals surface area contributed by atoms with Gasteiger partial charge in [0.1, 0.15) is 0 Å². The second kappa shape index (κ2) is 7.33. The topological polar surface area (TPSA) is 46.9 Å². The van der Waals surface area contributed by atoms with E-state index >= 15 is 0 Å². The SMILES string of the molecule is O=C(Nc1ccccc1C(F)(F)F)c1ccc(Cn2cc(Br)cn2)cc1. The highest BCUT2D eigenvalue weighted by molar-refractivity contribution is 9.10. The Morgan fingerprint density at radius 2 is 1.81 bits per heavy atom. The lowest BCUT2D eigenvalue weighted by atomic mass is 10.1. The maximum atomic E-state index is 13.0. The lowest BCUT2D eigenvalue weighted by Gasteiger charge is -2.13. The van der Waals surface area contributed by atoms with Crippen LogP contribution >= 0.6 is 15.9 Å². The van der Waals surface area contributed by atoms with Crippen molar-refractivity contribution in [1.82, 2.24) is 9.78 Å². The molecular formula is C18H13BrF3N3O. The van der Waals surface area contributed by atoms with E-state index in [2.05, 4.69) is 26.3 Å². The third kappa shape index (κ3) is 4.32. The number of halogens is 4. The fourth-order valence-electron chi connectivity index (χ4n) is 2.41. The molecule has 3 aromatic rings. The fraction of sp³-hybridized carbons (Fsp3) is 0.111. The number of rotatable bonds is 4. The normalized spacial score (nSPS) is 11.4. The van der Waals surface area contributed by atoms with Crippen LogP contribution in [0.2, 0.25) is 0 Å². The average Bonchev–Trinajstić information content (AvgIpc) is 3.00. The summed E-state index contributed by atoms with van der Waals surface area (Å²) in [5.41, 5.74) is 0.0323. The third-order valence-corrected chi connectivity index (χ3v) is 4.05. The number of carbonyl (C=O) groups is 1. The Kier molecular flexibility index (Phi) is 5.13. The van der Waals surface area contributed by atoms with Gasteiger partial charge in [0.2, 0.25) is 0 Å². The molecule has 0 aliphatic carbocycles. The van der Waals surface area contributed by atoms with Crippen molar-refractivity contribution in [2.45, 2.75) is 12.7 Å². The highest BCUT2D eigenvalue weighted by Gasteiger charge is 2.33. The predicted octanol–water partition coefficient (Wildman–Crippen LogP) is 4.97. The zero-order valence-electron chi connectivity index (χ0n) is 13.3. The van der Waals surface area contributed by atoms with Crippen LogP contribution in [0.4, 0.5) is 18.9 Å². The summed E-state index contributed by atoms with van der Waals surface area (Å²) in [7, 11) is 0. The number of para-hydroxylation sites is 1. The van der Waals surface area contributed by atoms with Crippen LogP contribution in [0.25, 0.3) is 0 Å². The monoisotopic (exact) mass is 423 g/mol. The number of carbonyl (C=O) groups excluding carboxylic acids is 1. The van der Waals surface area contributed by atoms with Gasteiger partial charge in [0.05, 0.1) is 28.5 Å². The van der Waals surface area contributed by atoms with E-state index in [9.17, 15) is 18.0 Å². The summed E-state index contributed by atoms with van der Waals surface area (Å²) in [6.45, 7) is 0.518. The number of hydrogen-bond donors (Lipinski definition) is 1. The molecule has 0 aliphatic rings. The number of anilines is 1. The molecule has 0 bridgehead atoms. The Morgan fingerprint density at radius 1 is 1.12 bits per heavy atom. The molecule has 0 saturated heterocycles. The van der Waals surface area contributed by atoms with Crippen molar-refractivity contribution in [3.8, 4) is 0 Å². The number of nitrogens with zero attached hydrogens (tertiary/aromatic N) is 2. The number of benzene rings is 2. The van der Waals surface area contributed by atoms with Crippen molar-refractivity contribution >= 4 is 27.5 Å². The largest absolute Gasteiger partial charge is 0.418 e. The number of nitrogens with one attached hydrogen (secondary N) is 1. The first-order valence-corrected chi connectivity index (χ1v) is 8.37. The van der Waals surface area contributed by atoms with Crippen molar-refractivity contribution in [2.24, 2.45) is 0 Å². The minimum Gasteiger partial charge on any atom is -0.321 e. The predicted molar refractivity (Wildman–Crippen MR) is 94.9 cm³/mol. The summed E-state index contributed by atoms with van der Waals surface area (Å²) in [5.74, 6) is -0.602. The van der Waals surface area contributed by atoms with Gasteiger partial charge in [0.15, 0.2) is 0 Å². The standard InChI is InChI=1S/C18H13BrF3N3O/c19-14-9-23-25(11-14)10-12-5-7-13(8-6-12)17(26)24-16-4-2-1-3-15(16)18(20,21)22/h1-9,11H,10H2,(H,24,26). The number of aromatic nitrogens is 2. The van der Waals surface area contributed by atoms with Gasteiger partial charge >= 0.3 is 6.18 Å². The zero-order chi connectivity index (χ0) is 18.7. The molecule has 1 aromatic heterocycles. The molecule has 0 fully saturated rings. The number of hydrogen-bond acceptors (Lipinski definition) is 2. The summed E-state index contributed by atoms with van der Waals surface area (Å²) < 4.78 is 41.6. The van der Waals surface area contributed by atoms with E-state index in [1.54, 1.807) is 35.1 Å². The molecule has 3 rings (SSSR count). The van der Waals surface area contributed by atoms with E-state index < -0.39 is 17.6 Å². The van der Waals surface area contributed by atoms with E-state index in [-0.39, 0.29) is 11.3 Å². The first-order valence-electron chi connectivity index (χ1n) is 7.57. The maximum Gasteiger partial charge on any atom is 0.418 e. The molecule has 134 valence electrons. The van der Waals surface area contributed by atoms with Crippen LogP contribution in [0.5, 0.6) is 0 Å². The molecule has 0 atom stereocenters. The molecule has 1 N–H and O–H groups in total. The quantitative estimate of drug-likeness (QED) is 0.644. The summed E-state index contributed by atoms with van der Waals surface area (Å²) in [5, 5.41) is 6.46. The molecular weight excluding hydrogens is 411 g/mol. The van der Waals surface area contributed by atoms with Gasteiger partial charge in [0, 0.05) is 11.8 Å². The summed E-state index contributed by atoms with van der Waals surface area (Å²) in [6, 6.07) is 11.5. The van der Waals surface area contributed by atoms with E-state index in [1.165, 1.54) is 18.2 Å². The number of alkyl halides is 3. The van der Waals surface area contributed by atoms with Crippen LogP contribution in [0, 0.1) is 0 Å². The molecule has 8 heteroatoms. The number of amides is 1. The molecule has 0 unspecified atom stereocenters. The fourth-order valence-corrected chi connectivity index (χ4v) is 2.74. The minimum absolute atomic E-state index is 0.268. The zero-order valence-corrected chi connectivity index (χ0v) is 14.9. The maximum absolute atomic E-state index is 13.0. The molecule has 26 heavy (non-hydrogen) atoms. The van der Waals surface area contributed by atoms with Crippen LogP contribution in [0.15, 0.2) is 65.4 Å². The molecule has 4 nitrogen and oxygen atoms in total. The van der Waals surface area contributed by atoms with Gasteiger partial charge in [-0.15, -0.1) is 0 Å². The average molecular weight is 424 g/mol. The Morgan fingerprint density at radius 3 is 2.42 bits per heavy atom. The van der Waals surface area contributed by atoms with Gasteiger partial charge in [0.25, 0.3) is 5.91 Å². The van der Waals surface area contributed by atoms with Crippen LogP contribution in [0.1, 0.15) is 21.5 Å². The minimum atomic E-state index is -4.54. The molecule has 0 spiro atoms. The van der Waals surface area contributed by atoms with Crippen molar-refractivity contribution < 1.29 is 18.0 Å². The smallest absolute Gasteiger partial charge is 0.321 e. The molecule has 1 amide bonds. The van der Waals surface area contributed by atoms with Gasteiger partial charge in [-0.1, -0.05) is 24.3 Å². The van der Waals surface area contributed by atoms with E-state index in [1.807, 2.05) is 6.20 Å². The van der Waals surface area contributed by atoms with Gasteiger partial charge < -0.3 is 5.32 Å². The van der Waals surface area contributed by atoms with E-state index in [0.29, 0.717) is 6.54 Å². The van der Waals surface area contributed by atoms with Crippen molar-refractivity contribution in [3.05, 3.63) is 82.1 Å². The second-order valence-corrected chi connectivity index (χ2v) is 6.47. The summed E-state index contributed by atoms with van der Waals surface area (Å²) in [6.07, 6.45) is -1.06. The molecule has 1 heterocycles. The molecule has 0 saturated carbocycles. The van der Waals surface area contributed by atoms with Gasteiger partial charge in [-0.3, -0.25) is 9.48 Å². The lowest BCUT2D eigenvalue weighted by Crippen LogP contribution is -2.16. The van der Waals surface area contributed by atoms with Crippen LogP contribution in [0.3, 0.4) is 0 Å². The van der Waals surface area contributed by atoms with Crippen LogP contribution in [-0.4, -0.2) is 15.7 Å². The first-order chi connectivity index (χ1) is 12.3. The Bertz CT molecular complexity index is 920. The van der Waals surface area contributed by atoms with Crippen molar-refractivity contribution in [3.63, 3.8) is 0 Å². The van der Waals surface area contributed by atoms with Gasteiger partial charge in [-0.05, 0) is 45.8 Å². The molecule has 2 aromatic carbocycles. The third-order valence-electron chi connectivity index (χ3n) is 3.64. The highest BCUT2D eigenvalue weighted by Crippen LogP contribution is 2.34. The molecule has 0 radical (unpaired) electrons. The first kappa shape index (κ1) is 18.2. The van der Waals surface area contributed by atoms with Crippen LogP contribution in [-0.2, 0) is 12.7 Å². The van der Waals surface area contributed by atoms with Gasteiger partial charge in [-0.2, -0.15) is 18.3 Å². The van der Waals surface area contributed by atoms with Crippen molar-refractivity contribution in [2.75, 3.05) is 5.32 Å². The summed E-state index contributed by atoms with van der Waals surface area (Å²) in [4.78, 5) is 12.3. The Hall–Kier alpha value is -2.61. The Balaban J connectivity index is 1.73. The van der Waals surface area contributed by atoms with Crippen molar-refractivity contribution in [1.29, 1.82) is 0 Å². The lowest BCUT2D eigenvalue weighted by molar-refractivity contribution is -0.136. The second-order valence-electron chi connectivity index (χ2n) is 5.55. The van der Waals surface area contributed by atoms with Gasteiger partial charge in [-0.25, -0.2) is 0 Å². The summed E-state index contributed by atoms with van der Waals surface area (Å²) >= 11 is 3.31. The molecule has 0 aliphatic heterocycles. The Labute approximate surface area is 155 Å².